The Labute approximate surface area is 148 Å². The van der Waals surface area contributed by atoms with Gasteiger partial charge in [-0.25, -0.2) is 0 Å². The lowest BCUT2D eigenvalue weighted by atomic mass is 10.1. The number of rotatable bonds is 4. The van der Waals surface area contributed by atoms with E-state index >= 15 is 0 Å². The lowest BCUT2D eigenvalue weighted by Gasteiger charge is -2.36. The van der Waals surface area contributed by atoms with Gasteiger partial charge in [0.1, 0.15) is 0 Å². The van der Waals surface area contributed by atoms with Crippen molar-refractivity contribution in [3.63, 3.8) is 0 Å². The molecule has 0 bridgehead atoms. The SMILES string of the molecule is CN=C(NCCc1ccccc1)N1CCN(C(=O)c2ccco2)CC1. The van der Waals surface area contributed by atoms with E-state index in [1.165, 1.54) is 11.8 Å². The van der Waals surface area contributed by atoms with Gasteiger partial charge >= 0.3 is 0 Å². The lowest BCUT2D eigenvalue weighted by Crippen LogP contribution is -2.53. The lowest BCUT2D eigenvalue weighted by molar-refractivity contribution is 0.0658. The fourth-order valence-corrected chi connectivity index (χ4v) is 2.97. The first-order chi connectivity index (χ1) is 12.3. The number of furan rings is 1. The average molecular weight is 340 g/mol. The monoisotopic (exact) mass is 340 g/mol. The van der Waals surface area contributed by atoms with Gasteiger partial charge in [0.05, 0.1) is 6.26 Å². The zero-order chi connectivity index (χ0) is 17.5. The van der Waals surface area contributed by atoms with E-state index in [4.69, 9.17) is 4.42 Å². The van der Waals surface area contributed by atoms with Crippen LogP contribution in [0.25, 0.3) is 0 Å². The van der Waals surface area contributed by atoms with E-state index in [2.05, 4.69) is 39.5 Å². The highest BCUT2D eigenvalue weighted by Crippen LogP contribution is 2.09. The number of nitrogens with one attached hydrogen (secondary N) is 1. The number of hydrogen-bond acceptors (Lipinski definition) is 3. The summed E-state index contributed by atoms with van der Waals surface area (Å²) in [5, 5.41) is 3.41. The largest absolute Gasteiger partial charge is 0.459 e. The Bertz CT molecular complexity index is 689. The van der Waals surface area contributed by atoms with Crippen LogP contribution in [-0.2, 0) is 6.42 Å². The van der Waals surface area contributed by atoms with E-state index in [0.29, 0.717) is 18.8 Å². The van der Waals surface area contributed by atoms with Gasteiger partial charge in [-0.1, -0.05) is 30.3 Å². The van der Waals surface area contributed by atoms with Crippen LogP contribution in [0.1, 0.15) is 16.1 Å². The number of benzene rings is 1. The molecule has 25 heavy (non-hydrogen) atoms. The van der Waals surface area contributed by atoms with Crippen LogP contribution in [0, 0.1) is 0 Å². The van der Waals surface area contributed by atoms with Crippen LogP contribution in [0.5, 0.6) is 0 Å². The van der Waals surface area contributed by atoms with Crippen LogP contribution >= 0.6 is 0 Å². The van der Waals surface area contributed by atoms with Gasteiger partial charge in [-0.3, -0.25) is 9.79 Å². The molecule has 1 aromatic carbocycles. The number of hydrogen-bond donors (Lipinski definition) is 1. The van der Waals surface area contributed by atoms with Gasteiger partial charge in [0.25, 0.3) is 5.91 Å². The second-order valence-electron chi connectivity index (χ2n) is 5.97. The molecule has 0 saturated carbocycles. The quantitative estimate of drug-likeness (QED) is 0.682. The van der Waals surface area contributed by atoms with Crippen molar-refractivity contribution in [3.05, 3.63) is 60.1 Å². The molecule has 0 radical (unpaired) electrons. The summed E-state index contributed by atoms with van der Waals surface area (Å²) in [6.07, 6.45) is 2.48. The molecule has 1 aromatic heterocycles. The molecule has 0 spiro atoms. The van der Waals surface area contributed by atoms with Gasteiger partial charge in [-0.05, 0) is 24.1 Å². The summed E-state index contributed by atoms with van der Waals surface area (Å²) in [7, 11) is 1.80. The van der Waals surface area contributed by atoms with Crippen LogP contribution in [0.2, 0.25) is 0 Å². The molecular formula is C19H24N4O2. The summed E-state index contributed by atoms with van der Waals surface area (Å²) >= 11 is 0. The molecule has 1 saturated heterocycles. The minimum atomic E-state index is -0.0447. The van der Waals surface area contributed by atoms with Crippen LogP contribution < -0.4 is 5.32 Å². The van der Waals surface area contributed by atoms with Crippen molar-refractivity contribution in [3.8, 4) is 0 Å². The minimum Gasteiger partial charge on any atom is -0.459 e. The number of carbonyl (C=O) groups is 1. The second kappa shape index (κ2) is 8.37. The highest BCUT2D eigenvalue weighted by molar-refractivity contribution is 5.91. The maximum atomic E-state index is 12.3. The molecule has 1 aliphatic rings. The number of amides is 1. The molecule has 132 valence electrons. The number of nitrogens with zero attached hydrogens (tertiary/aromatic N) is 3. The molecule has 0 aliphatic carbocycles. The van der Waals surface area contributed by atoms with Crippen molar-refractivity contribution in [2.24, 2.45) is 4.99 Å². The summed E-state index contributed by atoms with van der Waals surface area (Å²) in [5.74, 6) is 1.25. The van der Waals surface area contributed by atoms with E-state index in [-0.39, 0.29) is 5.91 Å². The second-order valence-corrected chi connectivity index (χ2v) is 5.97. The predicted octanol–water partition coefficient (Wildman–Crippen LogP) is 1.86. The highest BCUT2D eigenvalue weighted by Gasteiger charge is 2.24. The van der Waals surface area contributed by atoms with Crippen molar-refractivity contribution in [2.75, 3.05) is 39.8 Å². The molecule has 1 fully saturated rings. The molecular weight excluding hydrogens is 316 g/mol. The molecule has 0 atom stereocenters. The third-order valence-electron chi connectivity index (χ3n) is 4.35. The predicted molar refractivity (Wildman–Crippen MR) is 97.7 cm³/mol. The minimum absolute atomic E-state index is 0.0447. The third-order valence-corrected chi connectivity index (χ3v) is 4.35. The van der Waals surface area contributed by atoms with Crippen LogP contribution in [0.4, 0.5) is 0 Å². The number of aliphatic imine (C=N–C) groups is 1. The van der Waals surface area contributed by atoms with Crippen molar-refractivity contribution >= 4 is 11.9 Å². The molecule has 3 rings (SSSR count). The molecule has 0 unspecified atom stereocenters. The first-order valence-electron chi connectivity index (χ1n) is 8.60. The molecule has 6 nitrogen and oxygen atoms in total. The van der Waals surface area contributed by atoms with Crippen molar-refractivity contribution < 1.29 is 9.21 Å². The summed E-state index contributed by atoms with van der Waals surface area (Å²) in [6, 6.07) is 13.8. The number of carbonyl (C=O) groups excluding carboxylic acids is 1. The van der Waals surface area contributed by atoms with Crippen LogP contribution in [0.15, 0.2) is 58.1 Å². The van der Waals surface area contributed by atoms with E-state index in [0.717, 1.165) is 32.0 Å². The Morgan fingerprint density at radius 1 is 1.08 bits per heavy atom. The maximum absolute atomic E-state index is 12.3. The zero-order valence-electron chi connectivity index (χ0n) is 14.5. The summed E-state index contributed by atoms with van der Waals surface area (Å²) < 4.78 is 5.20. The van der Waals surface area contributed by atoms with E-state index in [1.807, 2.05) is 11.0 Å². The molecule has 2 aromatic rings. The normalized spacial score (nSPS) is 15.3. The van der Waals surface area contributed by atoms with Crippen molar-refractivity contribution in [1.29, 1.82) is 0 Å². The Hall–Kier alpha value is -2.76. The molecule has 1 N–H and O–H groups in total. The Kier molecular flexibility index (Phi) is 5.72. The van der Waals surface area contributed by atoms with Crippen molar-refractivity contribution in [2.45, 2.75) is 6.42 Å². The Balaban J connectivity index is 1.46. The van der Waals surface area contributed by atoms with E-state index < -0.39 is 0 Å². The van der Waals surface area contributed by atoms with E-state index in [9.17, 15) is 4.79 Å². The van der Waals surface area contributed by atoms with Crippen LogP contribution in [0.3, 0.4) is 0 Å². The maximum Gasteiger partial charge on any atom is 0.289 e. The molecule has 1 amide bonds. The smallest absolute Gasteiger partial charge is 0.289 e. The van der Waals surface area contributed by atoms with Gasteiger partial charge in [0, 0.05) is 39.8 Å². The van der Waals surface area contributed by atoms with Gasteiger partial charge < -0.3 is 19.5 Å². The third kappa shape index (κ3) is 4.41. The van der Waals surface area contributed by atoms with Crippen molar-refractivity contribution in [1.82, 2.24) is 15.1 Å². The summed E-state index contributed by atoms with van der Waals surface area (Å²) in [6.45, 7) is 3.69. The first kappa shape index (κ1) is 17.1. The molecule has 6 heteroatoms. The van der Waals surface area contributed by atoms with Gasteiger partial charge in [0.15, 0.2) is 11.7 Å². The fraction of sp³-hybridized carbons (Fsp3) is 0.368. The standard InChI is InChI=1S/C19H24N4O2/c1-20-19(21-10-9-16-6-3-2-4-7-16)23-13-11-22(12-14-23)18(24)17-8-5-15-25-17/h2-8,15H,9-14H2,1H3,(H,20,21). The Morgan fingerprint density at radius 3 is 2.44 bits per heavy atom. The topological polar surface area (TPSA) is 61.1 Å². The first-order valence-corrected chi connectivity index (χ1v) is 8.60. The number of piperazine rings is 1. The van der Waals surface area contributed by atoms with Gasteiger partial charge in [-0.15, -0.1) is 0 Å². The van der Waals surface area contributed by atoms with E-state index in [1.54, 1.807) is 19.2 Å². The fourth-order valence-electron chi connectivity index (χ4n) is 2.97. The number of guanidine groups is 1. The Morgan fingerprint density at radius 2 is 1.80 bits per heavy atom. The zero-order valence-corrected chi connectivity index (χ0v) is 14.5. The average Bonchev–Trinajstić information content (AvgIpc) is 3.20. The molecule has 1 aliphatic heterocycles. The highest BCUT2D eigenvalue weighted by atomic mass is 16.3. The van der Waals surface area contributed by atoms with Gasteiger partial charge in [0.2, 0.25) is 0 Å². The molecule has 2 heterocycles. The summed E-state index contributed by atoms with van der Waals surface area (Å²) in [4.78, 5) is 20.7. The van der Waals surface area contributed by atoms with Crippen LogP contribution in [-0.4, -0.2) is 61.4 Å². The summed E-state index contributed by atoms with van der Waals surface area (Å²) in [5.41, 5.74) is 1.30. The van der Waals surface area contributed by atoms with Gasteiger partial charge in [-0.2, -0.15) is 0 Å².